The van der Waals surface area contributed by atoms with Crippen LogP contribution in [0.3, 0.4) is 0 Å². The molecule has 2 rings (SSSR count). The molecule has 1 aromatic heterocycles. The van der Waals surface area contributed by atoms with Gasteiger partial charge in [0.15, 0.2) is 0 Å². The molecule has 0 aliphatic heterocycles. The number of benzene rings is 1. The minimum Gasteiger partial charge on any atom is -0.334 e. The summed E-state index contributed by atoms with van der Waals surface area (Å²) in [6.45, 7) is -1.22. The lowest BCUT2D eigenvalue weighted by atomic mass is 10.3. The highest BCUT2D eigenvalue weighted by Crippen LogP contribution is 2.26. The molecule has 3 nitrogen and oxygen atoms in total. The molecule has 0 radical (unpaired) electrons. The summed E-state index contributed by atoms with van der Waals surface area (Å²) in [4.78, 5) is 12.1. The maximum Gasteiger partial charge on any atom is 0.406 e. The number of nitrogens with one attached hydrogen (secondary N) is 1. The number of hydrogen-bond acceptors (Lipinski definition) is 1. The van der Waals surface area contributed by atoms with E-state index in [9.17, 15) is 18.0 Å². The highest BCUT2D eigenvalue weighted by molar-refractivity contribution is 9.10. The first-order valence-corrected chi connectivity index (χ1v) is 6.91. The molecule has 0 fully saturated rings. The van der Waals surface area contributed by atoms with Gasteiger partial charge in [0.05, 0.1) is 5.69 Å². The highest BCUT2D eigenvalue weighted by Gasteiger charge is 2.29. The number of nitrogens with zero attached hydrogens (tertiary/aromatic N) is 1. The van der Waals surface area contributed by atoms with Gasteiger partial charge in [-0.25, -0.2) is 0 Å². The van der Waals surface area contributed by atoms with Crippen LogP contribution in [0.4, 0.5) is 18.9 Å². The predicted octanol–water partition coefficient (Wildman–Crippen LogP) is 4.72. The van der Waals surface area contributed by atoms with E-state index in [2.05, 4.69) is 21.2 Å². The summed E-state index contributed by atoms with van der Waals surface area (Å²) in [7, 11) is 0. The van der Waals surface area contributed by atoms with Gasteiger partial charge < -0.3 is 9.88 Å². The Morgan fingerprint density at radius 3 is 2.67 bits per heavy atom. The van der Waals surface area contributed by atoms with E-state index in [-0.39, 0.29) is 5.69 Å². The number of anilines is 1. The van der Waals surface area contributed by atoms with Gasteiger partial charge in [-0.2, -0.15) is 13.2 Å². The average molecular weight is 382 g/mol. The van der Waals surface area contributed by atoms with Crippen molar-refractivity contribution in [3.8, 4) is 0 Å². The molecule has 1 heterocycles. The van der Waals surface area contributed by atoms with Crippen molar-refractivity contribution in [2.24, 2.45) is 0 Å². The molecule has 0 aliphatic carbocycles. The van der Waals surface area contributed by atoms with E-state index in [1.165, 1.54) is 18.3 Å². The Morgan fingerprint density at radius 2 is 2.05 bits per heavy atom. The monoisotopic (exact) mass is 380 g/mol. The van der Waals surface area contributed by atoms with Crippen LogP contribution >= 0.6 is 27.5 Å². The van der Waals surface area contributed by atoms with Gasteiger partial charge in [0, 0.05) is 15.7 Å². The molecule has 0 spiro atoms. The summed E-state index contributed by atoms with van der Waals surface area (Å²) in [6.07, 6.45) is -3.19. The number of aromatic nitrogens is 1. The standard InChI is InChI=1S/C13H9BrClF3N2O/c14-9-6-8(15)3-4-10(9)19-12(21)11-2-1-5-20(11)7-13(16,17)18/h1-6H,7H2,(H,19,21). The summed E-state index contributed by atoms with van der Waals surface area (Å²) in [5, 5.41) is 3.01. The highest BCUT2D eigenvalue weighted by atomic mass is 79.9. The van der Waals surface area contributed by atoms with Crippen molar-refractivity contribution in [1.82, 2.24) is 4.57 Å². The Hall–Kier alpha value is -1.47. The number of alkyl halides is 3. The fraction of sp³-hybridized carbons (Fsp3) is 0.154. The molecule has 0 saturated carbocycles. The van der Waals surface area contributed by atoms with Crippen molar-refractivity contribution in [3.05, 3.63) is 51.7 Å². The third kappa shape index (κ3) is 4.25. The topological polar surface area (TPSA) is 34.0 Å². The van der Waals surface area contributed by atoms with Crippen LogP contribution in [0.15, 0.2) is 41.0 Å². The van der Waals surface area contributed by atoms with Gasteiger partial charge >= 0.3 is 6.18 Å². The van der Waals surface area contributed by atoms with Crippen LogP contribution in [0.5, 0.6) is 0 Å². The number of rotatable bonds is 3. The molecule has 2 aromatic rings. The Balaban J connectivity index is 2.19. The van der Waals surface area contributed by atoms with Gasteiger partial charge in [-0.1, -0.05) is 11.6 Å². The SMILES string of the molecule is O=C(Nc1ccc(Cl)cc1Br)c1cccn1CC(F)(F)F. The Bertz CT molecular complexity index is 670. The van der Waals surface area contributed by atoms with Crippen molar-refractivity contribution < 1.29 is 18.0 Å². The quantitative estimate of drug-likeness (QED) is 0.820. The molecule has 1 N–H and O–H groups in total. The van der Waals surface area contributed by atoms with Gasteiger partial charge in [-0.15, -0.1) is 0 Å². The summed E-state index contributed by atoms with van der Waals surface area (Å²) in [5.41, 5.74) is 0.346. The molecule has 1 aromatic carbocycles. The Kier molecular flexibility index (Phi) is 4.63. The first kappa shape index (κ1) is 15.9. The minimum atomic E-state index is -4.39. The van der Waals surface area contributed by atoms with Crippen LogP contribution in [0.25, 0.3) is 0 Å². The normalized spacial score (nSPS) is 11.5. The molecule has 112 valence electrons. The van der Waals surface area contributed by atoms with E-state index in [1.54, 1.807) is 18.2 Å². The van der Waals surface area contributed by atoms with Crippen LogP contribution in [0.2, 0.25) is 5.02 Å². The third-order valence-corrected chi connectivity index (χ3v) is 3.48. The molecule has 0 saturated heterocycles. The summed E-state index contributed by atoms with van der Waals surface area (Å²) in [6, 6.07) is 7.41. The molecule has 0 atom stereocenters. The molecule has 8 heteroatoms. The molecule has 0 aliphatic rings. The maximum atomic E-state index is 12.4. The molecule has 0 bridgehead atoms. The lowest BCUT2D eigenvalue weighted by Crippen LogP contribution is -2.23. The maximum absolute atomic E-state index is 12.4. The number of carbonyl (C=O) groups excluding carboxylic acids is 1. The number of hydrogen-bond donors (Lipinski definition) is 1. The van der Waals surface area contributed by atoms with Crippen LogP contribution in [0, 0.1) is 0 Å². The zero-order valence-electron chi connectivity index (χ0n) is 10.4. The van der Waals surface area contributed by atoms with Crippen LogP contribution < -0.4 is 5.32 Å². The number of amides is 1. The second-order valence-corrected chi connectivity index (χ2v) is 5.51. The second kappa shape index (κ2) is 6.11. The van der Waals surface area contributed by atoms with Crippen LogP contribution in [-0.4, -0.2) is 16.7 Å². The van der Waals surface area contributed by atoms with Gasteiger partial charge in [-0.05, 0) is 46.3 Å². The second-order valence-electron chi connectivity index (χ2n) is 4.21. The van der Waals surface area contributed by atoms with Gasteiger partial charge in [0.1, 0.15) is 12.2 Å². The average Bonchev–Trinajstić information content (AvgIpc) is 2.78. The van der Waals surface area contributed by atoms with Gasteiger partial charge in [0.25, 0.3) is 5.91 Å². The van der Waals surface area contributed by atoms with Crippen LogP contribution in [-0.2, 0) is 6.54 Å². The largest absolute Gasteiger partial charge is 0.406 e. The number of carbonyl (C=O) groups is 1. The third-order valence-electron chi connectivity index (χ3n) is 2.59. The number of halogens is 5. The summed E-state index contributed by atoms with van der Waals surface area (Å²) in [5.74, 6) is -0.632. The first-order valence-electron chi connectivity index (χ1n) is 5.74. The van der Waals surface area contributed by atoms with E-state index in [0.717, 1.165) is 4.57 Å². The lowest BCUT2D eigenvalue weighted by molar-refractivity contribution is -0.140. The summed E-state index contributed by atoms with van der Waals surface area (Å²) >= 11 is 9.00. The van der Waals surface area contributed by atoms with E-state index in [4.69, 9.17) is 11.6 Å². The van der Waals surface area contributed by atoms with Crippen LogP contribution in [0.1, 0.15) is 10.5 Å². The fourth-order valence-corrected chi connectivity index (χ4v) is 2.51. The smallest absolute Gasteiger partial charge is 0.334 e. The fourth-order valence-electron chi connectivity index (χ4n) is 1.73. The molecule has 0 unspecified atom stereocenters. The Morgan fingerprint density at radius 1 is 1.33 bits per heavy atom. The van der Waals surface area contributed by atoms with Crippen molar-refractivity contribution >= 4 is 39.1 Å². The van der Waals surface area contributed by atoms with Crippen molar-refractivity contribution in [1.29, 1.82) is 0 Å². The Labute approximate surface area is 131 Å². The van der Waals surface area contributed by atoms with Crippen molar-refractivity contribution in [2.75, 3.05) is 5.32 Å². The van der Waals surface area contributed by atoms with E-state index in [0.29, 0.717) is 15.2 Å². The minimum absolute atomic E-state index is 0.0748. The molecule has 21 heavy (non-hydrogen) atoms. The molecule has 1 amide bonds. The van der Waals surface area contributed by atoms with Crippen molar-refractivity contribution in [2.45, 2.75) is 12.7 Å². The van der Waals surface area contributed by atoms with E-state index < -0.39 is 18.6 Å². The van der Waals surface area contributed by atoms with Crippen molar-refractivity contribution in [3.63, 3.8) is 0 Å². The first-order chi connectivity index (χ1) is 9.76. The van der Waals surface area contributed by atoms with E-state index >= 15 is 0 Å². The zero-order valence-corrected chi connectivity index (χ0v) is 12.8. The molecular formula is C13H9BrClF3N2O. The lowest BCUT2D eigenvalue weighted by Gasteiger charge is -2.12. The summed E-state index contributed by atoms with van der Waals surface area (Å²) < 4.78 is 38.7. The zero-order chi connectivity index (χ0) is 15.6. The van der Waals surface area contributed by atoms with Gasteiger partial charge in [-0.3, -0.25) is 4.79 Å². The predicted molar refractivity (Wildman–Crippen MR) is 77.6 cm³/mol. The van der Waals surface area contributed by atoms with E-state index in [1.807, 2.05) is 0 Å². The van der Waals surface area contributed by atoms with Gasteiger partial charge in [0.2, 0.25) is 0 Å². The molecular weight excluding hydrogens is 373 g/mol.